The number of nitrogens with zero attached hydrogens (tertiary/aromatic N) is 1. The van der Waals surface area contributed by atoms with Gasteiger partial charge in [0.05, 0.1) is 0 Å². The van der Waals surface area contributed by atoms with Crippen molar-refractivity contribution in [3.63, 3.8) is 0 Å². The predicted molar refractivity (Wildman–Crippen MR) is 62.0 cm³/mol. The average Bonchev–Trinajstić information content (AvgIpc) is 2.15. The molecule has 0 aliphatic carbocycles. The molecule has 0 aromatic rings. The van der Waals surface area contributed by atoms with Crippen molar-refractivity contribution in [2.45, 2.75) is 13.3 Å². The Balaban J connectivity index is 0.000000180. The SMILES string of the molecule is CC1=CN=CC1.[CH2]=[V]([I])[I]. The molecule has 0 spiro atoms. The normalized spacial score (nSPS) is 13.7. The van der Waals surface area contributed by atoms with Crippen molar-refractivity contribution < 1.29 is 7.89 Å². The van der Waals surface area contributed by atoms with Crippen molar-refractivity contribution in [1.29, 1.82) is 0 Å². The fourth-order valence-corrected chi connectivity index (χ4v) is 0.429. The summed E-state index contributed by atoms with van der Waals surface area (Å²) < 4.78 is 0. The van der Waals surface area contributed by atoms with Crippen LogP contribution < -0.4 is 0 Å². The summed E-state index contributed by atoms with van der Waals surface area (Å²) in [6.07, 6.45) is 4.86. The van der Waals surface area contributed by atoms with E-state index < -0.39 is 7.89 Å². The molecule has 0 saturated heterocycles. The molecular formula is C6H9I2NV. The molecule has 1 heterocycles. The van der Waals surface area contributed by atoms with Crippen molar-refractivity contribution in [3.8, 4) is 0 Å². The third kappa shape index (κ3) is 9.32. The molecule has 0 N–H and O–H groups in total. The summed E-state index contributed by atoms with van der Waals surface area (Å²) in [5, 5.41) is 3.76. The summed E-state index contributed by atoms with van der Waals surface area (Å²) in [5.41, 5.74) is 1.36. The molecule has 57 valence electrons. The molecule has 0 atom stereocenters. The molecule has 0 aromatic carbocycles. The van der Waals surface area contributed by atoms with Gasteiger partial charge in [-0.1, -0.05) is 0 Å². The molecule has 10 heavy (non-hydrogen) atoms. The molecular weight excluding hydrogens is 391 g/mol. The number of allylic oxidation sites excluding steroid dienone is 1. The maximum atomic E-state index is 3.88. The van der Waals surface area contributed by atoms with Gasteiger partial charge in [0.2, 0.25) is 0 Å². The van der Waals surface area contributed by atoms with E-state index in [0.717, 1.165) is 6.42 Å². The summed E-state index contributed by atoms with van der Waals surface area (Å²) in [7, 11) is -0.498. The van der Waals surface area contributed by atoms with Crippen molar-refractivity contribution in [2.24, 2.45) is 4.99 Å². The van der Waals surface area contributed by atoms with E-state index in [-0.39, 0.29) is 0 Å². The Hall–Kier alpha value is 1.32. The quantitative estimate of drug-likeness (QED) is 0.555. The molecule has 0 fully saturated rings. The van der Waals surface area contributed by atoms with Crippen molar-refractivity contribution in [3.05, 3.63) is 11.8 Å². The van der Waals surface area contributed by atoms with E-state index >= 15 is 0 Å². The van der Waals surface area contributed by atoms with Gasteiger partial charge in [-0.25, -0.2) is 0 Å². The second-order valence-corrected chi connectivity index (χ2v) is 20.0. The van der Waals surface area contributed by atoms with Crippen LogP contribution in [0.3, 0.4) is 0 Å². The molecule has 1 rings (SSSR count). The molecule has 1 aliphatic heterocycles. The van der Waals surface area contributed by atoms with Gasteiger partial charge in [-0.3, -0.25) is 4.99 Å². The van der Waals surface area contributed by atoms with E-state index in [1.165, 1.54) is 5.57 Å². The molecule has 4 heteroatoms. The van der Waals surface area contributed by atoms with Crippen molar-refractivity contribution in [2.75, 3.05) is 0 Å². The Labute approximate surface area is 88.2 Å². The van der Waals surface area contributed by atoms with Crippen LogP contribution >= 0.6 is 40.0 Å². The van der Waals surface area contributed by atoms with Gasteiger partial charge in [-0.15, -0.1) is 0 Å². The van der Waals surface area contributed by atoms with E-state index in [0.29, 0.717) is 0 Å². The Morgan fingerprint density at radius 2 is 2.20 bits per heavy atom. The van der Waals surface area contributed by atoms with Crippen LogP contribution in [0.25, 0.3) is 0 Å². The fourth-order valence-electron chi connectivity index (χ4n) is 0.429. The second-order valence-electron chi connectivity index (χ2n) is 1.81. The summed E-state index contributed by atoms with van der Waals surface area (Å²) in [6.45, 7) is 2.08. The first-order valence-corrected chi connectivity index (χ1v) is 12.7. The summed E-state index contributed by atoms with van der Waals surface area (Å²) in [5.74, 6) is 0. The monoisotopic (exact) mass is 400 g/mol. The van der Waals surface area contributed by atoms with Crippen molar-refractivity contribution in [1.82, 2.24) is 0 Å². The van der Waals surface area contributed by atoms with Crippen LogP contribution in [0.5, 0.6) is 0 Å². The van der Waals surface area contributed by atoms with Gasteiger partial charge in [0.15, 0.2) is 0 Å². The number of halogens is 2. The van der Waals surface area contributed by atoms with Crippen LogP contribution in [0.15, 0.2) is 16.8 Å². The van der Waals surface area contributed by atoms with Crippen LogP contribution in [-0.2, 0) is 7.89 Å². The number of rotatable bonds is 0. The molecule has 0 bridgehead atoms. The van der Waals surface area contributed by atoms with Gasteiger partial charge < -0.3 is 0 Å². The summed E-state index contributed by atoms with van der Waals surface area (Å²) in [4.78, 5) is 3.88. The number of aliphatic imine (C=N–C) groups is 1. The summed E-state index contributed by atoms with van der Waals surface area (Å²) >= 11 is 4.73. The number of hydrogen-bond donors (Lipinski definition) is 0. The number of hydrogen-bond acceptors (Lipinski definition) is 1. The maximum absolute atomic E-state index is 3.88. The Morgan fingerprint density at radius 3 is 2.30 bits per heavy atom. The van der Waals surface area contributed by atoms with E-state index in [9.17, 15) is 0 Å². The first-order valence-electron chi connectivity index (χ1n) is 2.72. The third-order valence-electron chi connectivity index (χ3n) is 0.814. The van der Waals surface area contributed by atoms with Gasteiger partial charge in [0, 0.05) is 18.8 Å². The van der Waals surface area contributed by atoms with E-state index in [2.05, 4.69) is 57.1 Å². The van der Waals surface area contributed by atoms with E-state index in [1.54, 1.807) is 0 Å². The zero-order valence-electron chi connectivity index (χ0n) is 5.72. The predicted octanol–water partition coefficient (Wildman–Crippen LogP) is 3.10. The van der Waals surface area contributed by atoms with Gasteiger partial charge in [0.1, 0.15) is 0 Å². The van der Waals surface area contributed by atoms with Crippen LogP contribution in [0, 0.1) is 0 Å². The zero-order valence-corrected chi connectivity index (χ0v) is 11.4. The van der Waals surface area contributed by atoms with Crippen LogP contribution in [0.2, 0.25) is 0 Å². The molecule has 0 aromatic heterocycles. The minimum absolute atomic E-state index is 0.498. The molecule has 1 nitrogen and oxygen atoms in total. The Kier molecular flexibility index (Phi) is 7.93. The fraction of sp³-hybridized carbons (Fsp3) is 0.333. The van der Waals surface area contributed by atoms with Crippen LogP contribution in [0.1, 0.15) is 13.3 Å². The van der Waals surface area contributed by atoms with Gasteiger partial charge in [0.25, 0.3) is 0 Å². The molecule has 0 saturated carbocycles. The molecule has 0 radical (unpaired) electrons. The van der Waals surface area contributed by atoms with Gasteiger partial charge >= 0.3 is 53.1 Å². The van der Waals surface area contributed by atoms with Gasteiger partial charge in [-0.05, 0) is 12.5 Å². The molecule has 0 amide bonds. The average molecular weight is 400 g/mol. The minimum atomic E-state index is -0.498. The van der Waals surface area contributed by atoms with Crippen LogP contribution in [-0.4, -0.2) is 11.4 Å². The molecule has 0 unspecified atom stereocenters. The Bertz CT molecular complexity index is 171. The second kappa shape index (κ2) is 7.00. The van der Waals surface area contributed by atoms with Crippen molar-refractivity contribution >= 4 is 51.4 Å². The van der Waals surface area contributed by atoms with E-state index in [1.807, 2.05) is 12.4 Å². The summed E-state index contributed by atoms with van der Waals surface area (Å²) in [6, 6.07) is 0. The standard InChI is InChI=1S/C5H7N.CH2.2HI.V/c1-5-2-3-6-4-5;;;;/h3-4H,2H2,1H3;1H2;2*1H;/q;;;;+2/p-2. The molecule has 1 aliphatic rings. The van der Waals surface area contributed by atoms with Crippen LogP contribution in [0.4, 0.5) is 0 Å². The third-order valence-corrected chi connectivity index (χ3v) is 0.814. The van der Waals surface area contributed by atoms with Gasteiger partial charge in [-0.2, -0.15) is 0 Å². The van der Waals surface area contributed by atoms with E-state index in [4.69, 9.17) is 0 Å². The first kappa shape index (κ1) is 11.3. The first-order chi connectivity index (χ1) is 4.63. The Morgan fingerprint density at radius 1 is 1.70 bits per heavy atom. The topological polar surface area (TPSA) is 12.4 Å². The zero-order chi connectivity index (χ0) is 7.98.